The van der Waals surface area contributed by atoms with Gasteiger partial charge in [0.2, 0.25) is 0 Å². The van der Waals surface area contributed by atoms with Crippen molar-refractivity contribution in [1.82, 2.24) is 0 Å². The molecular weight excluding hydrogens is 328 g/mol. The van der Waals surface area contributed by atoms with E-state index in [1.54, 1.807) is 0 Å². The fourth-order valence-corrected chi connectivity index (χ4v) is 4.61. The van der Waals surface area contributed by atoms with Crippen molar-refractivity contribution < 1.29 is 19.1 Å². The van der Waals surface area contributed by atoms with Gasteiger partial charge in [-0.1, -0.05) is 31.0 Å². The fraction of sp³-hybridized carbons (Fsp3) is 0.636. The van der Waals surface area contributed by atoms with E-state index in [1.165, 1.54) is 0 Å². The first-order valence-corrected chi connectivity index (χ1v) is 9.84. The number of esters is 1. The van der Waals surface area contributed by atoms with Gasteiger partial charge in [-0.05, 0) is 63.1 Å². The molecule has 1 saturated heterocycles. The molecule has 0 amide bonds. The van der Waals surface area contributed by atoms with Crippen molar-refractivity contribution in [3.05, 3.63) is 34.4 Å². The van der Waals surface area contributed by atoms with Gasteiger partial charge >= 0.3 is 5.97 Å². The lowest BCUT2D eigenvalue weighted by atomic mass is 9.75. The summed E-state index contributed by atoms with van der Waals surface area (Å²) in [5.41, 5.74) is 2.96. The number of hydrogen-bond donors (Lipinski definition) is 0. The quantitative estimate of drug-likeness (QED) is 0.447. The molecule has 1 aromatic carbocycles. The predicted molar refractivity (Wildman–Crippen MR) is 100 cm³/mol. The molecule has 26 heavy (non-hydrogen) atoms. The van der Waals surface area contributed by atoms with Crippen LogP contribution in [-0.2, 0) is 19.1 Å². The van der Waals surface area contributed by atoms with Gasteiger partial charge in [0.25, 0.3) is 0 Å². The van der Waals surface area contributed by atoms with Crippen LogP contribution in [0.1, 0.15) is 73.6 Å². The monoisotopic (exact) mass is 358 g/mol. The SMILES string of the molecule is CCCCOC1CCCC2(C1)OC(=O)C(c1c(C)cc(C)cc1C)C2=O. The van der Waals surface area contributed by atoms with Crippen LogP contribution >= 0.6 is 0 Å². The summed E-state index contributed by atoms with van der Waals surface area (Å²) in [5.74, 6) is -1.24. The molecule has 3 rings (SSSR count). The molecule has 4 nitrogen and oxygen atoms in total. The van der Waals surface area contributed by atoms with Crippen LogP contribution in [-0.4, -0.2) is 30.1 Å². The van der Waals surface area contributed by atoms with Gasteiger partial charge in [-0.3, -0.25) is 9.59 Å². The van der Waals surface area contributed by atoms with Crippen LogP contribution in [0.4, 0.5) is 0 Å². The standard InChI is InChI=1S/C22H30O4/c1-5-6-10-25-17-8-7-9-22(13-17)20(23)19(21(24)26-22)18-15(3)11-14(2)12-16(18)4/h11-12,17,19H,5-10,13H2,1-4H3. The number of carbonyl (C=O) groups is 2. The van der Waals surface area contributed by atoms with Gasteiger partial charge in [0.1, 0.15) is 5.92 Å². The van der Waals surface area contributed by atoms with Crippen LogP contribution < -0.4 is 0 Å². The van der Waals surface area contributed by atoms with Crippen LogP contribution in [0.5, 0.6) is 0 Å². The number of ketones is 1. The van der Waals surface area contributed by atoms with Gasteiger partial charge in [0.05, 0.1) is 6.10 Å². The number of benzene rings is 1. The zero-order chi connectivity index (χ0) is 18.9. The van der Waals surface area contributed by atoms with Crippen molar-refractivity contribution in [2.75, 3.05) is 6.61 Å². The molecule has 0 bridgehead atoms. The Morgan fingerprint density at radius 1 is 1.19 bits per heavy atom. The van der Waals surface area contributed by atoms with Crippen molar-refractivity contribution in [3.8, 4) is 0 Å². The highest BCUT2D eigenvalue weighted by molar-refractivity contribution is 6.14. The second-order valence-electron chi connectivity index (χ2n) is 7.97. The third-order valence-corrected chi connectivity index (χ3v) is 5.79. The first-order valence-electron chi connectivity index (χ1n) is 9.84. The minimum atomic E-state index is -0.985. The molecule has 1 aliphatic carbocycles. The Hall–Kier alpha value is -1.68. The van der Waals surface area contributed by atoms with Gasteiger partial charge in [0, 0.05) is 13.0 Å². The third kappa shape index (κ3) is 3.44. The molecule has 3 unspecified atom stereocenters. The third-order valence-electron chi connectivity index (χ3n) is 5.79. The first kappa shape index (κ1) is 19.1. The molecule has 142 valence electrons. The number of hydrogen-bond acceptors (Lipinski definition) is 4. The van der Waals surface area contributed by atoms with E-state index in [-0.39, 0.29) is 17.9 Å². The summed E-state index contributed by atoms with van der Waals surface area (Å²) >= 11 is 0. The average Bonchev–Trinajstić information content (AvgIpc) is 2.79. The van der Waals surface area contributed by atoms with E-state index >= 15 is 0 Å². The van der Waals surface area contributed by atoms with E-state index in [0.717, 1.165) is 47.9 Å². The van der Waals surface area contributed by atoms with E-state index in [2.05, 4.69) is 6.92 Å². The van der Waals surface area contributed by atoms with E-state index in [0.29, 0.717) is 19.4 Å². The summed E-state index contributed by atoms with van der Waals surface area (Å²) in [5, 5.41) is 0. The molecule has 1 aliphatic heterocycles. The van der Waals surface area contributed by atoms with Crippen molar-refractivity contribution in [1.29, 1.82) is 0 Å². The highest BCUT2D eigenvalue weighted by Crippen LogP contribution is 2.45. The van der Waals surface area contributed by atoms with Gasteiger partial charge < -0.3 is 9.47 Å². The Kier molecular flexibility index (Phi) is 5.52. The Morgan fingerprint density at radius 3 is 2.54 bits per heavy atom. The maximum atomic E-state index is 13.4. The molecule has 0 radical (unpaired) electrons. The molecule has 1 saturated carbocycles. The van der Waals surface area contributed by atoms with E-state index < -0.39 is 11.5 Å². The number of rotatable bonds is 5. The van der Waals surface area contributed by atoms with Gasteiger partial charge in [0.15, 0.2) is 11.4 Å². The van der Waals surface area contributed by atoms with Crippen molar-refractivity contribution in [3.63, 3.8) is 0 Å². The molecule has 1 aromatic rings. The lowest BCUT2D eigenvalue weighted by Crippen LogP contribution is -2.44. The summed E-state index contributed by atoms with van der Waals surface area (Å²) in [6.07, 6.45) is 5.01. The fourth-order valence-electron chi connectivity index (χ4n) is 4.61. The zero-order valence-corrected chi connectivity index (χ0v) is 16.4. The van der Waals surface area contributed by atoms with Gasteiger partial charge in [-0.15, -0.1) is 0 Å². The number of carbonyl (C=O) groups excluding carboxylic acids is 2. The average molecular weight is 358 g/mol. The van der Waals surface area contributed by atoms with E-state index in [1.807, 2.05) is 32.9 Å². The normalized spacial score (nSPS) is 28.6. The molecule has 0 N–H and O–H groups in total. The topological polar surface area (TPSA) is 52.6 Å². The maximum Gasteiger partial charge on any atom is 0.322 e. The van der Waals surface area contributed by atoms with E-state index in [9.17, 15) is 9.59 Å². The predicted octanol–water partition coefficient (Wildman–Crippen LogP) is 4.32. The Morgan fingerprint density at radius 2 is 1.88 bits per heavy atom. The molecule has 0 aromatic heterocycles. The van der Waals surface area contributed by atoms with Crippen LogP contribution in [0.25, 0.3) is 0 Å². The van der Waals surface area contributed by atoms with Crippen molar-refractivity contribution >= 4 is 11.8 Å². The first-order chi connectivity index (χ1) is 12.4. The molecular formula is C22H30O4. The van der Waals surface area contributed by atoms with Gasteiger partial charge in [-0.2, -0.15) is 0 Å². The van der Waals surface area contributed by atoms with Crippen LogP contribution in [0.15, 0.2) is 12.1 Å². The number of Topliss-reactive ketones (excluding diaryl/α,β-unsaturated/α-hetero) is 1. The lowest BCUT2D eigenvalue weighted by molar-refractivity contribution is -0.160. The van der Waals surface area contributed by atoms with Crippen molar-refractivity contribution in [2.45, 2.75) is 83.8 Å². The van der Waals surface area contributed by atoms with Crippen LogP contribution in [0, 0.1) is 20.8 Å². The maximum absolute atomic E-state index is 13.4. The Balaban J connectivity index is 1.85. The molecule has 4 heteroatoms. The largest absolute Gasteiger partial charge is 0.450 e. The minimum absolute atomic E-state index is 0.00557. The summed E-state index contributed by atoms with van der Waals surface area (Å²) in [6, 6.07) is 4.07. The zero-order valence-electron chi connectivity index (χ0n) is 16.4. The van der Waals surface area contributed by atoms with Crippen molar-refractivity contribution in [2.24, 2.45) is 0 Å². The second-order valence-corrected chi connectivity index (χ2v) is 7.97. The minimum Gasteiger partial charge on any atom is -0.450 e. The molecule has 2 aliphatic rings. The molecule has 1 spiro atoms. The summed E-state index contributed by atoms with van der Waals surface area (Å²) in [7, 11) is 0. The summed E-state index contributed by atoms with van der Waals surface area (Å²) in [6.45, 7) is 8.81. The molecule has 3 atom stereocenters. The lowest BCUT2D eigenvalue weighted by Gasteiger charge is -2.35. The second kappa shape index (κ2) is 7.51. The number of unbranched alkanes of at least 4 members (excludes halogenated alkanes) is 1. The smallest absolute Gasteiger partial charge is 0.322 e. The summed E-state index contributed by atoms with van der Waals surface area (Å²) in [4.78, 5) is 26.1. The number of aryl methyl sites for hydroxylation is 3. The summed E-state index contributed by atoms with van der Waals surface area (Å²) < 4.78 is 11.7. The Labute approximate surface area is 156 Å². The molecule has 2 fully saturated rings. The van der Waals surface area contributed by atoms with Crippen LogP contribution in [0.2, 0.25) is 0 Å². The highest BCUT2D eigenvalue weighted by atomic mass is 16.6. The van der Waals surface area contributed by atoms with Gasteiger partial charge in [-0.25, -0.2) is 0 Å². The number of ether oxygens (including phenoxy) is 2. The van der Waals surface area contributed by atoms with E-state index in [4.69, 9.17) is 9.47 Å². The Bertz CT molecular complexity index is 685. The molecule has 1 heterocycles. The highest BCUT2D eigenvalue weighted by Gasteiger charge is 2.57. The van der Waals surface area contributed by atoms with Crippen LogP contribution in [0.3, 0.4) is 0 Å².